The smallest absolute Gasteiger partial charge is 0.164 e. The van der Waals surface area contributed by atoms with Crippen LogP contribution < -0.4 is 0 Å². The number of fused-ring (bicyclic) bond motifs is 2. The number of allylic oxidation sites excluding steroid dienone is 2. The van der Waals surface area contributed by atoms with Crippen LogP contribution in [0.4, 0.5) is 0 Å². The molecule has 5 rings (SSSR count). The zero-order valence-electron chi connectivity index (χ0n) is 32.8. The Morgan fingerprint density at radius 1 is 0.860 bits per heavy atom. The maximum Gasteiger partial charge on any atom is 0.164 e. The normalized spacial score (nSPS) is 14.7. The number of rotatable bonds is 9. The van der Waals surface area contributed by atoms with E-state index in [1.807, 2.05) is 41.5 Å². The number of aliphatic hydroxyl groups is 1. The van der Waals surface area contributed by atoms with Gasteiger partial charge in [-0.1, -0.05) is 123 Å². The molecular weight excluding hydrogens is 791 g/mol. The van der Waals surface area contributed by atoms with Gasteiger partial charge in [-0.25, -0.2) is 0 Å². The van der Waals surface area contributed by atoms with Gasteiger partial charge in [-0.15, -0.1) is 29.1 Å². The summed E-state index contributed by atoms with van der Waals surface area (Å²) in [4.78, 5) is 17.4. The SMILES string of the molecule is CCC(C)(CC)C(=O)/C=C(\O)C(C)(CC)CC.Cc1cc(C)c2c(C3CCCCC3)cc(-c3[c-]c4ccccc4c(C(C)(C)C)c3)nc2c1.[Ir]. The second kappa shape index (κ2) is 17.1. The maximum atomic E-state index is 12.2. The molecule has 3 nitrogen and oxygen atoms in total. The van der Waals surface area contributed by atoms with Crippen molar-refractivity contribution in [3.63, 3.8) is 0 Å². The molecule has 3 aromatic carbocycles. The van der Waals surface area contributed by atoms with E-state index in [1.165, 1.54) is 76.6 Å². The number of hydrogen-bond acceptors (Lipinski definition) is 3. The van der Waals surface area contributed by atoms with Crippen LogP contribution in [0.25, 0.3) is 32.9 Å². The molecule has 0 amide bonds. The number of carbonyl (C=O) groups excluding carboxylic acids is 1. The fourth-order valence-electron chi connectivity index (χ4n) is 7.34. The molecule has 1 radical (unpaired) electrons. The number of aliphatic hydroxyl groups excluding tert-OH is 1. The predicted molar refractivity (Wildman–Crippen MR) is 211 cm³/mol. The number of aromatic nitrogens is 1. The molecule has 1 N–H and O–H groups in total. The number of benzene rings is 3. The quantitative estimate of drug-likeness (QED) is 0.104. The van der Waals surface area contributed by atoms with Crippen LogP contribution in [0.5, 0.6) is 0 Å². The predicted octanol–water partition coefficient (Wildman–Crippen LogP) is 13.5. The minimum absolute atomic E-state index is 0. The Hall–Kier alpha value is -2.81. The largest absolute Gasteiger partial charge is 0.512 e. The second-order valence-electron chi connectivity index (χ2n) is 16.2. The fourth-order valence-corrected chi connectivity index (χ4v) is 7.34. The molecule has 1 heterocycles. The third kappa shape index (κ3) is 9.15. The van der Waals surface area contributed by atoms with Gasteiger partial charge in [0.1, 0.15) is 5.76 Å². The molecule has 0 atom stereocenters. The van der Waals surface area contributed by atoms with Gasteiger partial charge in [0.2, 0.25) is 0 Å². The monoisotopic (exact) mass is 853 g/mol. The van der Waals surface area contributed by atoms with Gasteiger partial charge in [-0.2, -0.15) is 0 Å². The first-order chi connectivity index (χ1) is 23.1. The molecule has 0 spiro atoms. The number of pyridine rings is 1. The summed E-state index contributed by atoms with van der Waals surface area (Å²) in [5, 5.41) is 14.0. The van der Waals surface area contributed by atoms with Crippen LogP contribution in [0.2, 0.25) is 0 Å². The summed E-state index contributed by atoms with van der Waals surface area (Å²) in [6.45, 7) is 23.4. The summed E-state index contributed by atoms with van der Waals surface area (Å²) < 4.78 is 0. The molecular formula is C46H62IrNO2-. The maximum absolute atomic E-state index is 12.2. The summed E-state index contributed by atoms with van der Waals surface area (Å²) in [7, 11) is 0. The van der Waals surface area contributed by atoms with Crippen LogP contribution in [0.3, 0.4) is 0 Å². The van der Waals surface area contributed by atoms with Gasteiger partial charge in [0.25, 0.3) is 0 Å². The van der Waals surface area contributed by atoms with Crippen LogP contribution in [-0.2, 0) is 30.3 Å². The Morgan fingerprint density at radius 3 is 2.04 bits per heavy atom. The molecule has 4 heteroatoms. The van der Waals surface area contributed by atoms with Crippen molar-refractivity contribution >= 4 is 27.5 Å². The third-order valence-corrected chi connectivity index (χ3v) is 11.8. The Kier molecular flexibility index (Phi) is 14.3. The van der Waals surface area contributed by atoms with Crippen molar-refractivity contribution in [3.8, 4) is 11.3 Å². The van der Waals surface area contributed by atoms with Crippen molar-refractivity contribution in [3.05, 3.63) is 88.7 Å². The summed E-state index contributed by atoms with van der Waals surface area (Å²) in [5.74, 6) is 0.922. The number of hydrogen-bond donors (Lipinski definition) is 1. The minimum Gasteiger partial charge on any atom is -0.512 e. The standard InChI is InChI=1S/C31H34N.C15H28O2.Ir/c1-20-15-21(2)30-26(22-11-7-6-8-12-22)19-28(32-29(30)16-20)24-17-23-13-9-10-14-25(23)27(18-24)31(3,4)5;1-7-14(5,8-2)12(16)11-13(17)15(6,9-3)10-4;/h9-10,13-16,18-19,22H,6-8,11-12H2,1-5H3;11,16H,7-10H2,1-6H3;/q-1;;/b;12-11-;. The Bertz CT molecular complexity index is 1800. The number of carbonyl (C=O) groups is 1. The zero-order valence-corrected chi connectivity index (χ0v) is 35.2. The van der Waals surface area contributed by atoms with Crippen molar-refractivity contribution in [2.45, 2.75) is 145 Å². The fraction of sp³-hybridized carbons (Fsp3) is 0.522. The van der Waals surface area contributed by atoms with Crippen LogP contribution in [-0.4, -0.2) is 15.9 Å². The van der Waals surface area contributed by atoms with E-state index >= 15 is 0 Å². The summed E-state index contributed by atoms with van der Waals surface area (Å²) in [6.07, 6.45) is 11.4. The molecule has 0 bridgehead atoms. The summed E-state index contributed by atoms with van der Waals surface area (Å²) in [6, 6.07) is 21.7. The molecule has 273 valence electrons. The van der Waals surface area contributed by atoms with E-state index in [2.05, 4.69) is 89.2 Å². The molecule has 0 saturated heterocycles. The van der Waals surface area contributed by atoms with Crippen LogP contribution >= 0.6 is 0 Å². The van der Waals surface area contributed by atoms with E-state index in [4.69, 9.17) is 4.98 Å². The Balaban J connectivity index is 0.000000323. The average Bonchev–Trinajstić information content (AvgIpc) is 3.09. The second-order valence-corrected chi connectivity index (χ2v) is 16.2. The minimum atomic E-state index is -0.337. The number of nitrogens with zero attached hydrogens (tertiary/aromatic N) is 1. The number of ketones is 1. The summed E-state index contributed by atoms with van der Waals surface area (Å²) in [5.41, 5.74) is 8.29. The number of aryl methyl sites for hydroxylation is 2. The van der Waals surface area contributed by atoms with E-state index < -0.39 is 0 Å². The van der Waals surface area contributed by atoms with E-state index in [1.54, 1.807) is 0 Å². The van der Waals surface area contributed by atoms with E-state index in [9.17, 15) is 9.90 Å². The van der Waals surface area contributed by atoms with Crippen molar-refractivity contribution < 1.29 is 30.0 Å². The van der Waals surface area contributed by atoms with Crippen LogP contribution in [0, 0.1) is 30.7 Å². The van der Waals surface area contributed by atoms with Crippen LogP contribution in [0.1, 0.15) is 148 Å². The Labute approximate surface area is 317 Å². The van der Waals surface area contributed by atoms with E-state index in [0.717, 1.165) is 42.5 Å². The topological polar surface area (TPSA) is 50.2 Å². The van der Waals surface area contributed by atoms with Gasteiger partial charge >= 0.3 is 0 Å². The van der Waals surface area contributed by atoms with Gasteiger partial charge in [0.15, 0.2) is 5.78 Å². The van der Waals surface area contributed by atoms with Gasteiger partial charge in [-0.05, 0) is 86.5 Å². The first kappa shape index (κ1) is 41.6. The van der Waals surface area contributed by atoms with Crippen molar-refractivity contribution in [2.24, 2.45) is 10.8 Å². The van der Waals surface area contributed by atoms with Gasteiger partial charge in [0, 0.05) is 48.1 Å². The molecule has 0 unspecified atom stereocenters. The molecule has 1 saturated carbocycles. The average molecular weight is 853 g/mol. The molecule has 50 heavy (non-hydrogen) atoms. The van der Waals surface area contributed by atoms with E-state index in [0.29, 0.717) is 5.92 Å². The zero-order chi connectivity index (χ0) is 36.1. The van der Waals surface area contributed by atoms with Crippen molar-refractivity contribution in [2.75, 3.05) is 0 Å². The Morgan fingerprint density at radius 2 is 1.46 bits per heavy atom. The van der Waals surface area contributed by atoms with Gasteiger partial charge < -0.3 is 5.11 Å². The molecule has 1 fully saturated rings. The van der Waals surface area contributed by atoms with Crippen molar-refractivity contribution in [1.82, 2.24) is 4.98 Å². The first-order valence-electron chi connectivity index (χ1n) is 18.9. The summed E-state index contributed by atoms with van der Waals surface area (Å²) >= 11 is 0. The molecule has 1 aromatic heterocycles. The van der Waals surface area contributed by atoms with Crippen molar-refractivity contribution in [1.29, 1.82) is 0 Å². The molecule has 1 aliphatic rings. The molecule has 4 aromatic rings. The van der Waals surface area contributed by atoms with Gasteiger partial charge in [-0.3, -0.25) is 9.78 Å². The molecule has 1 aliphatic carbocycles. The third-order valence-electron chi connectivity index (χ3n) is 11.8. The van der Waals surface area contributed by atoms with Crippen LogP contribution in [0.15, 0.2) is 60.4 Å². The van der Waals surface area contributed by atoms with E-state index in [-0.39, 0.29) is 47.9 Å². The first-order valence-corrected chi connectivity index (χ1v) is 18.9. The molecule has 0 aliphatic heterocycles. The van der Waals surface area contributed by atoms with Gasteiger partial charge in [0.05, 0.1) is 5.52 Å².